The van der Waals surface area contributed by atoms with Gasteiger partial charge in [-0.05, 0) is 42.4 Å². The molecule has 0 aromatic rings. The molecule has 0 radical (unpaired) electrons. The van der Waals surface area contributed by atoms with Crippen molar-refractivity contribution in [3.63, 3.8) is 0 Å². The minimum Gasteiger partial charge on any atom is -0.0625 e. The van der Waals surface area contributed by atoms with Gasteiger partial charge in [0, 0.05) is 5.92 Å². The van der Waals surface area contributed by atoms with Gasteiger partial charge in [0.1, 0.15) is 5.92 Å². The van der Waals surface area contributed by atoms with E-state index in [2.05, 4.69) is 27.7 Å². The summed E-state index contributed by atoms with van der Waals surface area (Å²) < 4.78 is 0. The number of hydrogen-bond acceptors (Lipinski definition) is 0. The van der Waals surface area contributed by atoms with Gasteiger partial charge in [0.15, 0.2) is 0 Å². The summed E-state index contributed by atoms with van der Waals surface area (Å²) in [4.78, 5) is 0. The molecular weight excluding hydrogens is 180 g/mol. The predicted octanol–water partition coefficient (Wildman–Crippen LogP) is 4.31. The van der Waals surface area contributed by atoms with Gasteiger partial charge in [-0.15, -0.1) is 0 Å². The summed E-state index contributed by atoms with van der Waals surface area (Å²) in [5.41, 5.74) is 0.724. The molecule has 0 heteroatoms. The van der Waals surface area contributed by atoms with Crippen LogP contribution < -0.4 is 0 Å². The Morgan fingerprint density at radius 2 is 2.00 bits per heavy atom. The van der Waals surface area contributed by atoms with E-state index >= 15 is 0 Å². The number of fused-ring (bicyclic) bond motifs is 1. The van der Waals surface area contributed by atoms with E-state index in [0.717, 1.165) is 35.0 Å². The van der Waals surface area contributed by atoms with E-state index in [-0.39, 0.29) is 0 Å². The second-order valence-corrected chi connectivity index (χ2v) is 7.22. The number of rotatable bonds is 1. The predicted molar refractivity (Wildman–Crippen MR) is 64.3 cm³/mol. The lowest BCUT2D eigenvalue weighted by molar-refractivity contribution is 0.192. The first kappa shape index (κ1) is 10.1. The fourth-order valence-electron chi connectivity index (χ4n) is 5.24. The lowest BCUT2D eigenvalue weighted by Crippen LogP contribution is -2.27. The molecule has 3 aliphatic rings. The Kier molecular flexibility index (Phi) is 1.98. The normalized spacial score (nSPS) is 53.0. The van der Waals surface area contributed by atoms with Gasteiger partial charge in [0.2, 0.25) is 0 Å². The van der Waals surface area contributed by atoms with Crippen LogP contribution in [0.4, 0.5) is 0 Å². The Bertz CT molecular complexity index is 267. The molecule has 84 valence electrons. The summed E-state index contributed by atoms with van der Waals surface area (Å²) in [7, 11) is 0. The van der Waals surface area contributed by atoms with Crippen LogP contribution >= 0.6 is 0 Å². The maximum Gasteiger partial charge on any atom is 0.101 e. The van der Waals surface area contributed by atoms with Gasteiger partial charge in [-0.25, -0.2) is 0 Å². The zero-order valence-electron chi connectivity index (χ0n) is 10.7. The molecule has 0 aromatic heterocycles. The highest BCUT2D eigenvalue weighted by Gasteiger charge is 2.63. The van der Waals surface area contributed by atoms with E-state index < -0.39 is 0 Å². The van der Waals surface area contributed by atoms with E-state index in [9.17, 15) is 0 Å². The Morgan fingerprint density at radius 1 is 1.27 bits per heavy atom. The molecule has 0 aliphatic heterocycles. The van der Waals surface area contributed by atoms with Crippen molar-refractivity contribution in [2.75, 3.05) is 0 Å². The Labute approximate surface area is 94.8 Å². The Balaban J connectivity index is 1.93. The first-order chi connectivity index (χ1) is 7.01. The van der Waals surface area contributed by atoms with Crippen LogP contribution in [0.1, 0.15) is 53.4 Å². The van der Waals surface area contributed by atoms with Crippen molar-refractivity contribution in [1.82, 2.24) is 0 Å². The third kappa shape index (κ3) is 1.23. The maximum absolute atomic E-state index is 2.59. The quantitative estimate of drug-likeness (QED) is 0.560. The lowest BCUT2D eigenvalue weighted by Gasteiger charge is -2.30. The molecule has 3 rings (SSSR count). The summed E-state index contributed by atoms with van der Waals surface area (Å²) in [5, 5.41) is 0. The van der Waals surface area contributed by atoms with Crippen molar-refractivity contribution in [2.24, 2.45) is 35.0 Å². The monoisotopic (exact) mass is 205 g/mol. The highest BCUT2D eigenvalue weighted by Crippen LogP contribution is 2.68. The molecule has 15 heavy (non-hydrogen) atoms. The lowest BCUT2D eigenvalue weighted by atomic mass is 9.69. The van der Waals surface area contributed by atoms with Crippen molar-refractivity contribution in [2.45, 2.75) is 53.4 Å². The smallest absolute Gasteiger partial charge is 0.0625 e. The summed E-state index contributed by atoms with van der Waals surface area (Å²) in [6.07, 6.45) is 6.05. The third-order valence-corrected chi connectivity index (χ3v) is 6.03. The van der Waals surface area contributed by atoms with E-state index in [1.165, 1.54) is 25.7 Å². The molecular formula is C15H25+. The first-order valence-electron chi connectivity index (χ1n) is 6.83. The van der Waals surface area contributed by atoms with Gasteiger partial charge in [-0.3, -0.25) is 0 Å². The molecule has 4 unspecified atom stereocenters. The summed E-state index contributed by atoms with van der Waals surface area (Å²) >= 11 is 0. The van der Waals surface area contributed by atoms with Crippen LogP contribution in [-0.4, -0.2) is 0 Å². The average Bonchev–Trinajstić information content (AvgIpc) is 2.56. The van der Waals surface area contributed by atoms with Crippen LogP contribution in [0.3, 0.4) is 0 Å². The minimum atomic E-state index is 0.724. The molecule has 3 aliphatic carbocycles. The molecule has 0 aromatic carbocycles. The van der Waals surface area contributed by atoms with Crippen molar-refractivity contribution in [1.29, 1.82) is 0 Å². The van der Waals surface area contributed by atoms with Gasteiger partial charge >= 0.3 is 0 Å². The molecule has 0 N–H and O–H groups in total. The SMILES string of the molecule is C[C+]1CC2C3CC1CC3(C)C[C@H]2C(C)C. The molecule has 0 spiro atoms. The topological polar surface area (TPSA) is 0 Å². The van der Waals surface area contributed by atoms with Crippen LogP contribution in [0.25, 0.3) is 0 Å². The van der Waals surface area contributed by atoms with E-state index in [4.69, 9.17) is 0 Å². The van der Waals surface area contributed by atoms with Crippen molar-refractivity contribution in [3.8, 4) is 0 Å². The van der Waals surface area contributed by atoms with Crippen molar-refractivity contribution >= 4 is 0 Å². The highest BCUT2D eigenvalue weighted by molar-refractivity contribution is 5.16. The number of hydrogen-bond donors (Lipinski definition) is 0. The fourth-order valence-corrected chi connectivity index (χ4v) is 5.24. The van der Waals surface area contributed by atoms with Crippen LogP contribution in [0.15, 0.2) is 0 Å². The van der Waals surface area contributed by atoms with Crippen LogP contribution in [0, 0.1) is 40.9 Å². The van der Waals surface area contributed by atoms with Gasteiger partial charge in [-0.1, -0.05) is 20.8 Å². The standard InChI is InChI=1S/C15H25/c1-9(2)13-8-15(4)7-11-6-14(15)12(13)5-10(11)3/h9,11-14H,5-8H2,1-4H3/q+1/t11?,12?,13-,14?,15?/m0/s1. The van der Waals surface area contributed by atoms with E-state index in [0.29, 0.717) is 0 Å². The van der Waals surface area contributed by atoms with Crippen molar-refractivity contribution < 1.29 is 0 Å². The zero-order chi connectivity index (χ0) is 10.8. The average molecular weight is 205 g/mol. The van der Waals surface area contributed by atoms with Gasteiger partial charge < -0.3 is 0 Å². The van der Waals surface area contributed by atoms with Gasteiger partial charge in [0.25, 0.3) is 0 Å². The zero-order valence-corrected chi connectivity index (χ0v) is 10.7. The molecule has 2 bridgehead atoms. The van der Waals surface area contributed by atoms with Crippen molar-refractivity contribution in [3.05, 3.63) is 5.92 Å². The van der Waals surface area contributed by atoms with Crippen LogP contribution in [0.2, 0.25) is 0 Å². The maximum atomic E-state index is 2.59. The highest BCUT2D eigenvalue weighted by atomic mass is 14.6. The van der Waals surface area contributed by atoms with Gasteiger partial charge in [-0.2, -0.15) is 0 Å². The first-order valence-corrected chi connectivity index (χ1v) is 6.83. The molecule has 0 heterocycles. The Hall–Kier alpha value is -0.130. The largest absolute Gasteiger partial charge is 0.101 e. The second-order valence-electron chi connectivity index (χ2n) is 7.22. The van der Waals surface area contributed by atoms with Gasteiger partial charge in [0.05, 0.1) is 19.3 Å². The summed E-state index contributed by atoms with van der Waals surface area (Å²) in [6, 6.07) is 0. The third-order valence-electron chi connectivity index (χ3n) is 6.03. The molecule has 3 fully saturated rings. The molecule has 0 nitrogen and oxygen atoms in total. The Morgan fingerprint density at radius 3 is 2.67 bits per heavy atom. The fraction of sp³-hybridized carbons (Fsp3) is 0.933. The van der Waals surface area contributed by atoms with E-state index in [1.54, 1.807) is 0 Å². The summed E-state index contributed by atoms with van der Waals surface area (Å²) in [5.74, 6) is 6.90. The molecule has 0 amide bonds. The van der Waals surface area contributed by atoms with Crippen LogP contribution in [-0.2, 0) is 0 Å². The summed E-state index contributed by atoms with van der Waals surface area (Å²) in [6.45, 7) is 9.90. The molecule has 5 atom stereocenters. The molecule has 0 saturated heterocycles. The van der Waals surface area contributed by atoms with Crippen LogP contribution in [0.5, 0.6) is 0 Å². The molecule has 3 saturated carbocycles. The second kappa shape index (κ2) is 2.96. The minimum absolute atomic E-state index is 0.724. The van der Waals surface area contributed by atoms with E-state index in [1.807, 2.05) is 5.92 Å².